The van der Waals surface area contributed by atoms with Gasteiger partial charge in [0.05, 0.1) is 38.0 Å². The Morgan fingerprint density at radius 2 is 1.81 bits per heavy atom. The summed E-state index contributed by atoms with van der Waals surface area (Å²) >= 11 is 0. The smallest absolute Gasteiger partial charge is 0.311 e. The number of nitro groups is 1. The van der Waals surface area contributed by atoms with Gasteiger partial charge in [-0.05, 0) is 43.7 Å². The van der Waals surface area contributed by atoms with E-state index in [-0.39, 0.29) is 17.5 Å². The monoisotopic (exact) mass is 373 g/mol. The second kappa shape index (κ2) is 9.42. The molecular formula is C19H23N3O5. The fourth-order valence-electron chi connectivity index (χ4n) is 2.36. The molecule has 0 fully saturated rings. The lowest BCUT2D eigenvalue weighted by Gasteiger charge is -2.10. The standard InChI is InChI=1S/C19H23N3O5/c1-13(2)27-17-7-5-14(9-16(17)22(23)24)11-20-21-12-15-6-8-18(25-3)19(10-15)26-4/h5-11,13,21H,12H2,1-4H3/b20-11+. The van der Waals surface area contributed by atoms with Gasteiger partial charge in [-0.3, -0.25) is 10.1 Å². The summed E-state index contributed by atoms with van der Waals surface area (Å²) in [6, 6.07) is 10.3. The van der Waals surface area contributed by atoms with E-state index in [9.17, 15) is 10.1 Å². The van der Waals surface area contributed by atoms with Crippen LogP contribution in [0.1, 0.15) is 25.0 Å². The van der Waals surface area contributed by atoms with Crippen LogP contribution in [0.2, 0.25) is 0 Å². The SMILES string of the molecule is COc1ccc(CN/N=C/c2ccc(OC(C)C)c([N+](=O)[O-])c2)cc1OC. The number of hydrogen-bond donors (Lipinski definition) is 1. The van der Waals surface area contributed by atoms with Crippen molar-refractivity contribution in [2.24, 2.45) is 5.10 Å². The molecule has 0 aliphatic heterocycles. The molecule has 0 bridgehead atoms. The van der Waals surface area contributed by atoms with Crippen molar-refractivity contribution in [3.63, 3.8) is 0 Å². The summed E-state index contributed by atoms with van der Waals surface area (Å²) in [5.74, 6) is 1.53. The van der Waals surface area contributed by atoms with Crippen LogP contribution in [0.4, 0.5) is 5.69 Å². The summed E-state index contributed by atoms with van der Waals surface area (Å²) in [6.07, 6.45) is 1.37. The zero-order valence-corrected chi connectivity index (χ0v) is 15.8. The third kappa shape index (κ3) is 5.60. The summed E-state index contributed by atoms with van der Waals surface area (Å²) in [6.45, 7) is 4.10. The Balaban J connectivity index is 2.04. The molecule has 0 unspecified atom stereocenters. The van der Waals surface area contributed by atoms with Crippen LogP contribution in [0, 0.1) is 10.1 Å². The highest BCUT2D eigenvalue weighted by Crippen LogP contribution is 2.29. The van der Waals surface area contributed by atoms with Crippen LogP contribution in [0.25, 0.3) is 0 Å². The lowest BCUT2D eigenvalue weighted by molar-refractivity contribution is -0.386. The molecule has 2 rings (SSSR count). The topological polar surface area (TPSA) is 95.2 Å². The van der Waals surface area contributed by atoms with E-state index in [0.717, 1.165) is 5.56 Å². The molecule has 0 heterocycles. The van der Waals surface area contributed by atoms with Gasteiger partial charge in [0.15, 0.2) is 17.2 Å². The highest BCUT2D eigenvalue weighted by Gasteiger charge is 2.16. The molecule has 8 heteroatoms. The van der Waals surface area contributed by atoms with E-state index in [1.54, 1.807) is 26.4 Å². The maximum atomic E-state index is 11.2. The summed E-state index contributed by atoms with van der Waals surface area (Å²) in [4.78, 5) is 10.8. The van der Waals surface area contributed by atoms with Gasteiger partial charge in [-0.2, -0.15) is 5.10 Å². The Hall–Kier alpha value is -3.29. The maximum absolute atomic E-state index is 11.2. The zero-order valence-electron chi connectivity index (χ0n) is 15.8. The van der Waals surface area contributed by atoms with Crippen LogP contribution in [0.15, 0.2) is 41.5 Å². The highest BCUT2D eigenvalue weighted by atomic mass is 16.6. The second-order valence-electron chi connectivity index (χ2n) is 5.93. The normalized spacial score (nSPS) is 10.9. The maximum Gasteiger partial charge on any atom is 0.311 e. The number of ether oxygens (including phenoxy) is 3. The Bertz CT molecular complexity index is 821. The van der Waals surface area contributed by atoms with Crippen molar-refractivity contribution in [3.05, 3.63) is 57.6 Å². The molecule has 0 aliphatic rings. The minimum absolute atomic E-state index is 0.0902. The first kappa shape index (κ1) is 20.0. The first-order chi connectivity index (χ1) is 12.9. The minimum Gasteiger partial charge on any atom is -0.493 e. The molecule has 0 aliphatic carbocycles. The molecule has 1 N–H and O–H groups in total. The minimum atomic E-state index is -0.466. The average molecular weight is 373 g/mol. The molecule has 8 nitrogen and oxygen atoms in total. The summed E-state index contributed by atoms with van der Waals surface area (Å²) in [5.41, 5.74) is 4.37. The van der Waals surface area contributed by atoms with Gasteiger partial charge < -0.3 is 19.6 Å². The molecule has 0 radical (unpaired) electrons. The summed E-state index contributed by atoms with van der Waals surface area (Å²) in [7, 11) is 3.16. The van der Waals surface area contributed by atoms with Crippen LogP contribution in [0.5, 0.6) is 17.2 Å². The molecule has 2 aromatic carbocycles. The van der Waals surface area contributed by atoms with Crippen LogP contribution in [0.3, 0.4) is 0 Å². The van der Waals surface area contributed by atoms with Gasteiger partial charge in [0.25, 0.3) is 0 Å². The number of hydrazone groups is 1. The second-order valence-corrected chi connectivity index (χ2v) is 5.93. The van der Waals surface area contributed by atoms with Gasteiger partial charge in [0.1, 0.15) is 0 Å². The first-order valence-electron chi connectivity index (χ1n) is 8.36. The van der Waals surface area contributed by atoms with Crippen LogP contribution >= 0.6 is 0 Å². The van der Waals surface area contributed by atoms with Gasteiger partial charge in [-0.15, -0.1) is 0 Å². The number of rotatable bonds is 9. The number of methoxy groups -OCH3 is 2. The Morgan fingerprint density at radius 1 is 1.11 bits per heavy atom. The Kier molecular flexibility index (Phi) is 6.99. The molecule has 27 heavy (non-hydrogen) atoms. The number of nitrogens with one attached hydrogen (secondary N) is 1. The van der Waals surface area contributed by atoms with Crippen molar-refractivity contribution in [3.8, 4) is 17.2 Å². The molecule has 0 saturated carbocycles. The van der Waals surface area contributed by atoms with Gasteiger partial charge in [-0.25, -0.2) is 0 Å². The van der Waals surface area contributed by atoms with E-state index in [4.69, 9.17) is 14.2 Å². The molecule has 0 spiro atoms. The fourth-order valence-corrected chi connectivity index (χ4v) is 2.36. The molecule has 0 atom stereocenters. The molecule has 2 aromatic rings. The van der Waals surface area contributed by atoms with Crippen molar-refractivity contribution in [1.29, 1.82) is 0 Å². The molecule has 0 aromatic heterocycles. The Morgan fingerprint density at radius 3 is 2.44 bits per heavy atom. The first-order valence-corrected chi connectivity index (χ1v) is 8.36. The van der Waals surface area contributed by atoms with Crippen molar-refractivity contribution in [2.75, 3.05) is 14.2 Å². The van der Waals surface area contributed by atoms with Crippen LogP contribution in [-0.4, -0.2) is 31.5 Å². The fraction of sp³-hybridized carbons (Fsp3) is 0.316. The lowest BCUT2D eigenvalue weighted by Crippen LogP contribution is -2.08. The van der Waals surface area contributed by atoms with E-state index in [2.05, 4.69) is 10.5 Å². The average Bonchev–Trinajstić information content (AvgIpc) is 2.65. The van der Waals surface area contributed by atoms with Gasteiger partial charge in [0.2, 0.25) is 0 Å². The zero-order chi connectivity index (χ0) is 19.8. The van der Waals surface area contributed by atoms with E-state index in [0.29, 0.717) is 23.6 Å². The lowest BCUT2D eigenvalue weighted by atomic mass is 10.2. The Labute approximate surface area is 157 Å². The predicted octanol–water partition coefficient (Wildman–Crippen LogP) is 3.52. The predicted molar refractivity (Wildman–Crippen MR) is 103 cm³/mol. The van der Waals surface area contributed by atoms with E-state index in [1.165, 1.54) is 12.3 Å². The third-order valence-corrected chi connectivity index (χ3v) is 3.58. The van der Waals surface area contributed by atoms with Gasteiger partial charge >= 0.3 is 5.69 Å². The quantitative estimate of drug-likeness (QED) is 0.410. The number of benzene rings is 2. The van der Waals surface area contributed by atoms with Gasteiger partial charge in [-0.1, -0.05) is 6.07 Å². The molecule has 144 valence electrons. The van der Waals surface area contributed by atoms with Crippen molar-refractivity contribution in [1.82, 2.24) is 5.43 Å². The van der Waals surface area contributed by atoms with Crippen LogP contribution in [-0.2, 0) is 6.54 Å². The number of hydrogen-bond acceptors (Lipinski definition) is 7. The number of nitro benzene ring substituents is 1. The molecule has 0 amide bonds. The number of nitrogens with zero attached hydrogens (tertiary/aromatic N) is 2. The largest absolute Gasteiger partial charge is 0.493 e. The van der Waals surface area contributed by atoms with Crippen molar-refractivity contribution >= 4 is 11.9 Å². The van der Waals surface area contributed by atoms with Crippen molar-refractivity contribution in [2.45, 2.75) is 26.5 Å². The van der Waals surface area contributed by atoms with Gasteiger partial charge in [0, 0.05) is 11.6 Å². The van der Waals surface area contributed by atoms with Crippen molar-refractivity contribution < 1.29 is 19.1 Å². The van der Waals surface area contributed by atoms with E-state index < -0.39 is 4.92 Å². The van der Waals surface area contributed by atoms with Crippen LogP contribution < -0.4 is 19.6 Å². The summed E-state index contributed by atoms with van der Waals surface area (Å²) < 4.78 is 15.9. The van der Waals surface area contributed by atoms with E-state index in [1.807, 2.05) is 32.0 Å². The highest BCUT2D eigenvalue weighted by molar-refractivity contribution is 5.81. The third-order valence-electron chi connectivity index (χ3n) is 3.58. The molecule has 0 saturated heterocycles. The summed E-state index contributed by atoms with van der Waals surface area (Å²) in [5, 5.41) is 15.3. The molecular weight excluding hydrogens is 350 g/mol. The van der Waals surface area contributed by atoms with E-state index >= 15 is 0 Å².